The van der Waals surface area contributed by atoms with Gasteiger partial charge in [-0.05, 0) is 31.0 Å². The zero-order valence-electron chi connectivity index (χ0n) is 14.0. The standard InChI is InChI=1S/C18H22N4O2/c1-19-17(23)13-5-3-6-14(9-13)18(24)22-8-4-7-15(11-22)16-10-20-12-21(16)2/h3,5-6,9-10,12,15H,4,7-8,11H2,1-2H3,(H,19,23). The van der Waals surface area contributed by atoms with Gasteiger partial charge in [-0.3, -0.25) is 9.59 Å². The monoisotopic (exact) mass is 326 g/mol. The minimum Gasteiger partial charge on any atom is -0.355 e. The van der Waals surface area contributed by atoms with Crippen molar-refractivity contribution in [1.29, 1.82) is 0 Å². The number of benzene rings is 1. The maximum absolute atomic E-state index is 12.8. The summed E-state index contributed by atoms with van der Waals surface area (Å²) in [7, 11) is 3.57. The Morgan fingerprint density at radius 1 is 1.29 bits per heavy atom. The largest absolute Gasteiger partial charge is 0.355 e. The van der Waals surface area contributed by atoms with Crippen LogP contribution in [0.5, 0.6) is 0 Å². The highest BCUT2D eigenvalue weighted by molar-refractivity contribution is 5.99. The van der Waals surface area contributed by atoms with E-state index >= 15 is 0 Å². The molecule has 0 spiro atoms. The van der Waals surface area contributed by atoms with E-state index in [1.165, 1.54) is 0 Å². The molecular formula is C18H22N4O2. The number of rotatable bonds is 3. The van der Waals surface area contributed by atoms with Gasteiger partial charge in [-0.2, -0.15) is 0 Å². The van der Waals surface area contributed by atoms with E-state index in [-0.39, 0.29) is 11.8 Å². The van der Waals surface area contributed by atoms with Crippen LogP contribution in [0.25, 0.3) is 0 Å². The fourth-order valence-electron chi connectivity index (χ4n) is 3.28. The van der Waals surface area contributed by atoms with Crippen LogP contribution in [-0.4, -0.2) is 46.4 Å². The van der Waals surface area contributed by atoms with E-state index < -0.39 is 0 Å². The summed E-state index contributed by atoms with van der Waals surface area (Å²) in [5.74, 6) is 0.0981. The molecule has 6 heteroatoms. The Balaban J connectivity index is 1.77. The van der Waals surface area contributed by atoms with Gasteiger partial charge in [-0.15, -0.1) is 0 Å². The molecule has 1 fully saturated rings. The minimum atomic E-state index is -0.184. The fraction of sp³-hybridized carbons (Fsp3) is 0.389. The number of piperidine rings is 1. The number of aryl methyl sites for hydroxylation is 1. The number of likely N-dealkylation sites (tertiary alicyclic amines) is 1. The van der Waals surface area contributed by atoms with Gasteiger partial charge >= 0.3 is 0 Å². The van der Waals surface area contributed by atoms with Gasteiger partial charge in [-0.1, -0.05) is 6.07 Å². The van der Waals surface area contributed by atoms with Gasteiger partial charge in [0.2, 0.25) is 0 Å². The first-order valence-electron chi connectivity index (χ1n) is 8.17. The molecule has 1 saturated heterocycles. The van der Waals surface area contributed by atoms with Crippen molar-refractivity contribution in [1.82, 2.24) is 19.8 Å². The van der Waals surface area contributed by atoms with E-state index in [1.807, 2.05) is 22.7 Å². The van der Waals surface area contributed by atoms with Gasteiger partial charge < -0.3 is 14.8 Å². The molecule has 1 aromatic heterocycles. The molecule has 0 aliphatic carbocycles. The van der Waals surface area contributed by atoms with Gasteiger partial charge in [0, 0.05) is 56.1 Å². The van der Waals surface area contributed by atoms with Crippen LogP contribution < -0.4 is 5.32 Å². The lowest BCUT2D eigenvalue weighted by Gasteiger charge is -2.33. The van der Waals surface area contributed by atoms with Crippen molar-refractivity contribution in [2.45, 2.75) is 18.8 Å². The van der Waals surface area contributed by atoms with Crippen LogP contribution in [0.1, 0.15) is 45.2 Å². The fourth-order valence-corrected chi connectivity index (χ4v) is 3.28. The zero-order chi connectivity index (χ0) is 17.1. The molecule has 2 aromatic rings. The third kappa shape index (κ3) is 3.18. The number of nitrogens with zero attached hydrogens (tertiary/aromatic N) is 3. The summed E-state index contributed by atoms with van der Waals surface area (Å²) in [4.78, 5) is 30.7. The maximum Gasteiger partial charge on any atom is 0.253 e. The van der Waals surface area contributed by atoms with Crippen LogP contribution in [0.2, 0.25) is 0 Å². The van der Waals surface area contributed by atoms with Gasteiger partial charge in [0.15, 0.2) is 0 Å². The molecule has 24 heavy (non-hydrogen) atoms. The first-order chi connectivity index (χ1) is 11.6. The van der Waals surface area contributed by atoms with Crippen LogP contribution in [0.15, 0.2) is 36.8 Å². The zero-order valence-corrected chi connectivity index (χ0v) is 14.0. The van der Waals surface area contributed by atoms with Crippen molar-refractivity contribution in [3.8, 4) is 0 Å². The number of imidazole rings is 1. The summed E-state index contributed by atoms with van der Waals surface area (Å²) in [6.45, 7) is 1.43. The predicted molar refractivity (Wildman–Crippen MR) is 90.9 cm³/mol. The highest BCUT2D eigenvalue weighted by Crippen LogP contribution is 2.27. The normalized spacial score (nSPS) is 17.6. The Bertz CT molecular complexity index is 753. The number of amides is 2. The Morgan fingerprint density at radius 2 is 2.08 bits per heavy atom. The van der Waals surface area contributed by atoms with Crippen LogP contribution in [0.4, 0.5) is 0 Å². The molecule has 3 rings (SSSR count). The summed E-state index contributed by atoms with van der Waals surface area (Å²) in [5, 5.41) is 2.59. The smallest absolute Gasteiger partial charge is 0.253 e. The van der Waals surface area contributed by atoms with Crippen LogP contribution in [0, 0.1) is 0 Å². The van der Waals surface area contributed by atoms with E-state index in [1.54, 1.807) is 37.6 Å². The molecule has 6 nitrogen and oxygen atoms in total. The molecule has 1 N–H and O–H groups in total. The molecule has 1 atom stereocenters. The third-order valence-electron chi connectivity index (χ3n) is 4.58. The van der Waals surface area contributed by atoms with E-state index in [9.17, 15) is 9.59 Å². The second-order valence-corrected chi connectivity index (χ2v) is 6.18. The molecule has 1 aliphatic rings. The molecule has 1 unspecified atom stereocenters. The highest BCUT2D eigenvalue weighted by atomic mass is 16.2. The second kappa shape index (κ2) is 6.86. The van der Waals surface area contributed by atoms with E-state index in [0.29, 0.717) is 23.6 Å². The number of hydrogen-bond acceptors (Lipinski definition) is 3. The van der Waals surface area contributed by atoms with Crippen molar-refractivity contribution < 1.29 is 9.59 Å². The first-order valence-corrected chi connectivity index (χ1v) is 8.17. The summed E-state index contributed by atoms with van der Waals surface area (Å²) in [6.07, 6.45) is 5.70. The van der Waals surface area contributed by atoms with Crippen LogP contribution in [0.3, 0.4) is 0 Å². The first kappa shape index (κ1) is 16.2. The number of hydrogen-bond donors (Lipinski definition) is 1. The summed E-state index contributed by atoms with van der Waals surface area (Å²) in [5.41, 5.74) is 2.22. The average Bonchev–Trinajstić information content (AvgIpc) is 3.06. The molecule has 0 radical (unpaired) electrons. The lowest BCUT2D eigenvalue weighted by molar-refractivity contribution is 0.0705. The second-order valence-electron chi connectivity index (χ2n) is 6.18. The van der Waals surface area contributed by atoms with Gasteiger partial charge in [0.25, 0.3) is 11.8 Å². The molecule has 126 valence electrons. The maximum atomic E-state index is 12.8. The van der Waals surface area contributed by atoms with Crippen LogP contribution >= 0.6 is 0 Å². The number of aromatic nitrogens is 2. The number of nitrogens with one attached hydrogen (secondary N) is 1. The van der Waals surface area contributed by atoms with Crippen molar-refractivity contribution in [2.24, 2.45) is 7.05 Å². The minimum absolute atomic E-state index is 0.0207. The van der Waals surface area contributed by atoms with Gasteiger partial charge in [-0.25, -0.2) is 4.98 Å². The molecule has 0 saturated carbocycles. The number of carbonyl (C=O) groups is 2. The topological polar surface area (TPSA) is 67.2 Å². The Morgan fingerprint density at radius 3 is 2.79 bits per heavy atom. The summed E-state index contributed by atoms with van der Waals surface area (Å²) < 4.78 is 2.02. The summed E-state index contributed by atoms with van der Waals surface area (Å²) in [6, 6.07) is 6.89. The van der Waals surface area contributed by atoms with Crippen molar-refractivity contribution in [3.63, 3.8) is 0 Å². The van der Waals surface area contributed by atoms with Crippen molar-refractivity contribution in [2.75, 3.05) is 20.1 Å². The SMILES string of the molecule is CNC(=O)c1cccc(C(=O)N2CCCC(c3cncn3C)C2)c1. The van der Waals surface area contributed by atoms with E-state index in [0.717, 1.165) is 25.1 Å². The Labute approximate surface area is 141 Å². The van der Waals surface area contributed by atoms with E-state index in [4.69, 9.17) is 0 Å². The van der Waals surface area contributed by atoms with Gasteiger partial charge in [0.05, 0.1) is 6.33 Å². The molecule has 1 aliphatic heterocycles. The third-order valence-corrected chi connectivity index (χ3v) is 4.58. The van der Waals surface area contributed by atoms with Crippen molar-refractivity contribution in [3.05, 3.63) is 53.6 Å². The lowest BCUT2D eigenvalue weighted by Crippen LogP contribution is -2.39. The average molecular weight is 326 g/mol. The lowest BCUT2D eigenvalue weighted by atomic mass is 9.94. The quantitative estimate of drug-likeness (QED) is 0.935. The van der Waals surface area contributed by atoms with Gasteiger partial charge in [0.1, 0.15) is 0 Å². The van der Waals surface area contributed by atoms with E-state index in [2.05, 4.69) is 10.3 Å². The molecule has 0 bridgehead atoms. The molecular weight excluding hydrogens is 304 g/mol. The molecule has 2 amide bonds. The molecule has 1 aromatic carbocycles. The summed E-state index contributed by atoms with van der Waals surface area (Å²) >= 11 is 0. The van der Waals surface area contributed by atoms with Crippen LogP contribution in [-0.2, 0) is 7.05 Å². The van der Waals surface area contributed by atoms with Crippen molar-refractivity contribution >= 4 is 11.8 Å². The Hall–Kier alpha value is -2.63. The highest BCUT2D eigenvalue weighted by Gasteiger charge is 2.27. The number of carbonyl (C=O) groups excluding carboxylic acids is 2. The predicted octanol–water partition coefficient (Wildman–Crippen LogP) is 1.80. The Kier molecular flexibility index (Phi) is 4.64. The molecule has 2 heterocycles.